The second-order valence-corrected chi connectivity index (χ2v) is 3.55. The molecule has 18 heavy (non-hydrogen) atoms. The Morgan fingerprint density at radius 3 is 2.61 bits per heavy atom. The minimum absolute atomic E-state index is 0.131. The topological polar surface area (TPSA) is 92.9 Å². The quantitative estimate of drug-likeness (QED) is 0.611. The Kier molecular flexibility index (Phi) is 4.47. The van der Waals surface area contributed by atoms with Crippen LogP contribution in [-0.2, 0) is 4.79 Å². The average molecular weight is 254 g/mol. The molecule has 0 atom stereocenters. The van der Waals surface area contributed by atoms with Crippen molar-refractivity contribution in [3.63, 3.8) is 0 Å². The number of carboxylic acids is 1. The van der Waals surface area contributed by atoms with Gasteiger partial charge >= 0.3 is 5.97 Å². The number of rotatable bonds is 6. The molecule has 0 saturated heterocycles. The highest BCUT2D eigenvalue weighted by molar-refractivity contribution is 5.74. The molecule has 1 aromatic rings. The van der Waals surface area contributed by atoms with Crippen molar-refractivity contribution in [2.24, 2.45) is 0 Å². The number of nitrogens with zero attached hydrogens (tertiary/aromatic N) is 2. The van der Waals surface area contributed by atoms with Crippen molar-refractivity contribution in [1.82, 2.24) is 0 Å². The molecule has 0 radical (unpaired) electrons. The predicted octanol–water partition coefficient (Wildman–Crippen LogP) is 1.51. The molecule has 0 unspecified atom stereocenters. The van der Waals surface area contributed by atoms with Gasteiger partial charge in [-0.05, 0) is 6.92 Å². The predicted molar refractivity (Wildman–Crippen MR) is 65.2 cm³/mol. The zero-order valence-corrected chi connectivity index (χ0v) is 10.1. The van der Waals surface area contributed by atoms with Gasteiger partial charge < -0.3 is 14.7 Å². The molecule has 7 heteroatoms. The van der Waals surface area contributed by atoms with Crippen LogP contribution in [0.3, 0.4) is 0 Å². The summed E-state index contributed by atoms with van der Waals surface area (Å²) in [5.41, 5.74) is 0.319. The molecule has 0 aliphatic rings. The van der Waals surface area contributed by atoms with Gasteiger partial charge in [0.2, 0.25) is 0 Å². The fourth-order valence-corrected chi connectivity index (χ4v) is 1.52. The molecule has 0 spiro atoms. The molecule has 0 saturated carbocycles. The number of hydrogen-bond donors (Lipinski definition) is 1. The zero-order valence-electron chi connectivity index (χ0n) is 10.1. The first kappa shape index (κ1) is 13.8. The summed E-state index contributed by atoms with van der Waals surface area (Å²) >= 11 is 0. The molecular weight excluding hydrogens is 240 g/mol. The highest BCUT2D eigenvalue weighted by Gasteiger charge is 2.15. The van der Waals surface area contributed by atoms with Gasteiger partial charge in [-0.1, -0.05) is 0 Å². The smallest absolute Gasteiger partial charge is 0.323 e. The SMILES string of the molecule is CCN(CC(=O)O)c1cc(OC)cc([N+](=O)[O-])c1. The van der Waals surface area contributed by atoms with Crippen LogP contribution in [0.25, 0.3) is 0 Å². The van der Waals surface area contributed by atoms with E-state index >= 15 is 0 Å². The molecule has 0 fully saturated rings. The fraction of sp³-hybridized carbons (Fsp3) is 0.364. The molecule has 0 bridgehead atoms. The average Bonchev–Trinajstić information content (AvgIpc) is 2.34. The molecule has 98 valence electrons. The van der Waals surface area contributed by atoms with E-state index in [0.29, 0.717) is 18.0 Å². The first-order valence-electron chi connectivity index (χ1n) is 5.28. The van der Waals surface area contributed by atoms with Crippen LogP contribution in [0.15, 0.2) is 18.2 Å². The van der Waals surface area contributed by atoms with Crippen LogP contribution in [0.1, 0.15) is 6.92 Å². The molecule has 0 aliphatic carbocycles. The Morgan fingerprint density at radius 1 is 1.50 bits per heavy atom. The van der Waals surface area contributed by atoms with E-state index in [1.54, 1.807) is 13.0 Å². The molecule has 7 nitrogen and oxygen atoms in total. The number of nitro benzene ring substituents is 1. The van der Waals surface area contributed by atoms with Gasteiger partial charge in [0.05, 0.1) is 18.1 Å². The number of likely N-dealkylation sites (N-methyl/N-ethyl adjacent to an activating group) is 1. The second-order valence-electron chi connectivity index (χ2n) is 3.55. The van der Waals surface area contributed by atoms with Crippen molar-refractivity contribution in [2.75, 3.05) is 25.1 Å². The van der Waals surface area contributed by atoms with Crippen LogP contribution in [0, 0.1) is 10.1 Å². The van der Waals surface area contributed by atoms with Crippen LogP contribution in [0.4, 0.5) is 11.4 Å². The van der Waals surface area contributed by atoms with Crippen molar-refractivity contribution < 1.29 is 19.6 Å². The summed E-state index contributed by atoms with van der Waals surface area (Å²) < 4.78 is 4.97. The molecule has 1 N–H and O–H groups in total. The number of non-ortho nitro benzene ring substituents is 1. The summed E-state index contributed by atoms with van der Waals surface area (Å²) in [4.78, 5) is 22.4. The molecule has 0 heterocycles. The summed E-state index contributed by atoms with van der Waals surface area (Å²) in [5, 5.41) is 19.5. The number of carbonyl (C=O) groups is 1. The molecule has 0 amide bonds. The molecule has 0 aromatic heterocycles. The summed E-state index contributed by atoms with van der Waals surface area (Å²) in [6.45, 7) is 1.98. The largest absolute Gasteiger partial charge is 0.496 e. The maximum Gasteiger partial charge on any atom is 0.323 e. The lowest BCUT2D eigenvalue weighted by Crippen LogP contribution is -2.29. The van der Waals surface area contributed by atoms with Gasteiger partial charge in [0.25, 0.3) is 5.69 Å². The maximum atomic E-state index is 10.8. The van der Waals surface area contributed by atoms with Crippen LogP contribution in [0.2, 0.25) is 0 Å². The lowest BCUT2D eigenvalue weighted by atomic mass is 10.2. The molecule has 1 rings (SSSR count). The lowest BCUT2D eigenvalue weighted by Gasteiger charge is -2.21. The van der Waals surface area contributed by atoms with Crippen LogP contribution in [0.5, 0.6) is 5.75 Å². The number of carboxylic acid groups (broad SMARTS) is 1. The Bertz CT molecular complexity index is 461. The third-order valence-corrected chi connectivity index (χ3v) is 2.40. The number of benzene rings is 1. The van der Waals surface area contributed by atoms with Crippen LogP contribution in [-0.4, -0.2) is 36.2 Å². The standard InChI is InChI=1S/C11H14N2O5/c1-3-12(7-11(14)15)8-4-9(13(16)17)6-10(5-8)18-2/h4-6H,3,7H2,1-2H3,(H,14,15). The number of hydrogen-bond acceptors (Lipinski definition) is 5. The summed E-state index contributed by atoms with van der Waals surface area (Å²) in [6, 6.07) is 4.19. The highest BCUT2D eigenvalue weighted by atomic mass is 16.6. The van der Waals surface area contributed by atoms with Gasteiger partial charge in [0.1, 0.15) is 12.3 Å². The number of anilines is 1. The van der Waals surface area contributed by atoms with Gasteiger partial charge in [-0.3, -0.25) is 14.9 Å². The van der Waals surface area contributed by atoms with E-state index in [-0.39, 0.29) is 12.2 Å². The van der Waals surface area contributed by atoms with Gasteiger partial charge in [0, 0.05) is 24.4 Å². The van der Waals surface area contributed by atoms with E-state index in [0.717, 1.165) is 0 Å². The minimum Gasteiger partial charge on any atom is -0.496 e. The Balaban J connectivity index is 3.16. The van der Waals surface area contributed by atoms with Gasteiger partial charge in [0.15, 0.2) is 0 Å². The van der Waals surface area contributed by atoms with E-state index in [9.17, 15) is 14.9 Å². The van der Waals surface area contributed by atoms with Crippen molar-refractivity contribution in [3.8, 4) is 5.75 Å². The van der Waals surface area contributed by atoms with E-state index in [2.05, 4.69) is 0 Å². The van der Waals surface area contributed by atoms with E-state index in [1.165, 1.54) is 24.1 Å². The Labute approximate surface area is 104 Å². The first-order valence-corrected chi connectivity index (χ1v) is 5.28. The van der Waals surface area contributed by atoms with Crippen LogP contribution < -0.4 is 9.64 Å². The summed E-state index contributed by atoms with van der Waals surface area (Å²) in [5.74, 6) is -0.676. The first-order chi connectivity index (χ1) is 8.47. The van der Waals surface area contributed by atoms with Gasteiger partial charge in [-0.2, -0.15) is 0 Å². The van der Waals surface area contributed by atoms with Gasteiger partial charge in [-0.15, -0.1) is 0 Å². The maximum absolute atomic E-state index is 10.8. The number of methoxy groups -OCH3 is 1. The fourth-order valence-electron chi connectivity index (χ4n) is 1.52. The Morgan fingerprint density at radius 2 is 2.17 bits per heavy atom. The third kappa shape index (κ3) is 3.34. The van der Waals surface area contributed by atoms with Crippen molar-refractivity contribution >= 4 is 17.3 Å². The normalized spacial score (nSPS) is 9.89. The molecule has 0 aliphatic heterocycles. The monoisotopic (exact) mass is 254 g/mol. The minimum atomic E-state index is -0.998. The number of nitro groups is 1. The number of ether oxygens (including phenoxy) is 1. The van der Waals surface area contributed by atoms with E-state index in [1.807, 2.05) is 0 Å². The zero-order chi connectivity index (χ0) is 13.7. The van der Waals surface area contributed by atoms with Crippen molar-refractivity contribution in [2.45, 2.75) is 6.92 Å². The Hall–Kier alpha value is -2.31. The highest BCUT2D eigenvalue weighted by Crippen LogP contribution is 2.28. The van der Waals surface area contributed by atoms with Crippen LogP contribution >= 0.6 is 0 Å². The number of aliphatic carboxylic acids is 1. The van der Waals surface area contributed by atoms with Gasteiger partial charge in [-0.25, -0.2) is 0 Å². The third-order valence-electron chi connectivity index (χ3n) is 2.40. The lowest BCUT2D eigenvalue weighted by molar-refractivity contribution is -0.384. The molecule has 1 aromatic carbocycles. The molecular formula is C11H14N2O5. The van der Waals surface area contributed by atoms with E-state index < -0.39 is 10.9 Å². The van der Waals surface area contributed by atoms with Crippen molar-refractivity contribution in [3.05, 3.63) is 28.3 Å². The van der Waals surface area contributed by atoms with Crippen molar-refractivity contribution in [1.29, 1.82) is 0 Å². The second kappa shape index (κ2) is 5.85. The summed E-state index contributed by atoms with van der Waals surface area (Å²) in [6.07, 6.45) is 0. The van der Waals surface area contributed by atoms with E-state index in [4.69, 9.17) is 9.84 Å². The summed E-state index contributed by atoms with van der Waals surface area (Å²) in [7, 11) is 1.40.